The lowest BCUT2D eigenvalue weighted by molar-refractivity contribution is 0.152. The molecule has 6 heteroatoms. The lowest BCUT2D eigenvalue weighted by Gasteiger charge is -2.23. The molecule has 1 aliphatic carbocycles. The summed E-state index contributed by atoms with van der Waals surface area (Å²) in [6.07, 6.45) is 2.50. The topological polar surface area (TPSA) is 87.0 Å². The Morgan fingerprint density at radius 3 is 2.55 bits per heavy atom. The van der Waals surface area contributed by atoms with E-state index in [1.165, 1.54) is 12.8 Å². The smallest absolute Gasteiger partial charge is 0.314 e. The quantitative estimate of drug-likeness (QED) is 0.702. The van der Waals surface area contributed by atoms with Crippen LogP contribution in [0, 0.1) is 5.92 Å². The minimum absolute atomic E-state index is 0.139. The lowest BCUT2D eigenvalue weighted by atomic mass is 10.1. The fourth-order valence-electron chi connectivity index (χ4n) is 2.82. The summed E-state index contributed by atoms with van der Waals surface area (Å²) < 4.78 is 5.29. The molecule has 1 saturated carbocycles. The molecule has 0 spiro atoms. The summed E-state index contributed by atoms with van der Waals surface area (Å²) in [6, 6.07) is 6.18. The van der Waals surface area contributed by atoms with Crippen LogP contribution in [0.5, 0.6) is 0 Å². The number of H-pyrrole nitrogens is 2. The van der Waals surface area contributed by atoms with Crippen LogP contribution in [-0.2, 0) is 4.74 Å². The molecule has 0 saturated heterocycles. The summed E-state index contributed by atoms with van der Waals surface area (Å²) in [6.45, 7) is 2.79. The van der Waals surface area contributed by atoms with Gasteiger partial charge in [0.2, 0.25) is 0 Å². The number of hydrogen-bond donors (Lipinski definition) is 3. The molecule has 1 heterocycles. The molecule has 1 aromatic heterocycles. The molecule has 3 rings (SSSR count). The van der Waals surface area contributed by atoms with Gasteiger partial charge >= 0.3 is 11.1 Å². The van der Waals surface area contributed by atoms with Crippen molar-refractivity contribution in [2.45, 2.75) is 31.8 Å². The molecule has 22 heavy (non-hydrogen) atoms. The highest BCUT2D eigenvalue weighted by molar-refractivity contribution is 5.74. The molecule has 2 aromatic rings. The number of rotatable bonds is 6. The van der Waals surface area contributed by atoms with Crippen molar-refractivity contribution in [3.05, 3.63) is 44.5 Å². The third-order valence-corrected chi connectivity index (χ3v) is 4.25. The van der Waals surface area contributed by atoms with Crippen molar-refractivity contribution in [1.82, 2.24) is 15.3 Å². The fraction of sp³-hybridized carbons (Fsp3) is 0.500. The second-order valence-electron chi connectivity index (χ2n) is 6.00. The Bertz CT molecular complexity index is 776. The molecule has 0 amide bonds. The van der Waals surface area contributed by atoms with Crippen LogP contribution in [0.15, 0.2) is 27.8 Å². The molecule has 0 radical (unpaired) electrons. The van der Waals surface area contributed by atoms with Gasteiger partial charge in [0.1, 0.15) is 0 Å². The van der Waals surface area contributed by atoms with Gasteiger partial charge in [0.15, 0.2) is 0 Å². The van der Waals surface area contributed by atoms with Crippen molar-refractivity contribution < 1.29 is 4.74 Å². The van der Waals surface area contributed by atoms with Crippen LogP contribution in [-0.4, -0.2) is 29.7 Å². The van der Waals surface area contributed by atoms with Gasteiger partial charge in [-0.3, -0.25) is 9.59 Å². The van der Waals surface area contributed by atoms with E-state index in [-0.39, 0.29) is 6.04 Å². The zero-order valence-electron chi connectivity index (χ0n) is 12.8. The van der Waals surface area contributed by atoms with E-state index < -0.39 is 11.1 Å². The second kappa shape index (κ2) is 6.06. The summed E-state index contributed by atoms with van der Waals surface area (Å²) >= 11 is 0. The van der Waals surface area contributed by atoms with Crippen LogP contribution in [0.3, 0.4) is 0 Å². The van der Waals surface area contributed by atoms with Crippen molar-refractivity contribution in [3.63, 3.8) is 0 Å². The monoisotopic (exact) mass is 303 g/mol. The first-order valence-electron chi connectivity index (χ1n) is 7.59. The SMILES string of the molecule is COCC(NC(C)c1ccc2[nH]c(=O)c(=O)[nH]c2c1)C1CC1. The van der Waals surface area contributed by atoms with Crippen LogP contribution >= 0.6 is 0 Å². The first-order valence-corrected chi connectivity index (χ1v) is 7.59. The zero-order chi connectivity index (χ0) is 15.7. The molecule has 1 aromatic carbocycles. The Morgan fingerprint density at radius 2 is 1.91 bits per heavy atom. The van der Waals surface area contributed by atoms with Crippen molar-refractivity contribution in [2.75, 3.05) is 13.7 Å². The van der Waals surface area contributed by atoms with Crippen LogP contribution < -0.4 is 16.4 Å². The molecule has 6 nitrogen and oxygen atoms in total. The molecule has 1 fully saturated rings. The maximum atomic E-state index is 11.4. The second-order valence-corrected chi connectivity index (χ2v) is 6.00. The largest absolute Gasteiger partial charge is 0.383 e. The van der Waals surface area contributed by atoms with Gasteiger partial charge in [-0.1, -0.05) is 6.07 Å². The predicted molar refractivity (Wildman–Crippen MR) is 85.1 cm³/mol. The minimum Gasteiger partial charge on any atom is -0.383 e. The number of methoxy groups -OCH3 is 1. The number of ether oxygens (including phenoxy) is 1. The van der Waals surface area contributed by atoms with Crippen LogP contribution in [0.4, 0.5) is 0 Å². The van der Waals surface area contributed by atoms with Gasteiger partial charge in [-0.25, -0.2) is 0 Å². The maximum absolute atomic E-state index is 11.4. The summed E-state index contributed by atoms with van der Waals surface area (Å²) in [7, 11) is 1.72. The zero-order valence-corrected chi connectivity index (χ0v) is 12.8. The highest BCUT2D eigenvalue weighted by atomic mass is 16.5. The average Bonchev–Trinajstić information content (AvgIpc) is 3.32. The van der Waals surface area contributed by atoms with E-state index in [2.05, 4.69) is 22.2 Å². The van der Waals surface area contributed by atoms with Gasteiger partial charge < -0.3 is 20.0 Å². The van der Waals surface area contributed by atoms with Gasteiger partial charge in [0, 0.05) is 19.2 Å². The van der Waals surface area contributed by atoms with Crippen LogP contribution in [0.25, 0.3) is 11.0 Å². The first-order chi connectivity index (χ1) is 10.6. The van der Waals surface area contributed by atoms with Crippen molar-refractivity contribution in [3.8, 4) is 0 Å². The molecule has 1 aliphatic rings. The normalized spacial score (nSPS) is 17.5. The maximum Gasteiger partial charge on any atom is 0.314 e. The fourth-order valence-corrected chi connectivity index (χ4v) is 2.82. The molecular formula is C16H21N3O3. The van der Waals surface area contributed by atoms with Gasteiger partial charge in [-0.15, -0.1) is 0 Å². The summed E-state index contributed by atoms with van der Waals surface area (Å²) in [5.74, 6) is 0.694. The van der Waals surface area contributed by atoms with E-state index in [1.54, 1.807) is 7.11 Å². The van der Waals surface area contributed by atoms with E-state index in [9.17, 15) is 9.59 Å². The molecule has 3 N–H and O–H groups in total. The summed E-state index contributed by atoms with van der Waals surface area (Å²) in [5.41, 5.74) is 1.10. The summed E-state index contributed by atoms with van der Waals surface area (Å²) in [4.78, 5) is 28.0. The van der Waals surface area contributed by atoms with E-state index in [0.717, 1.165) is 5.56 Å². The molecular weight excluding hydrogens is 282 g/mol. The van der Waals surface area contributed by atoms with Gasteiger partial charge in [-0.05, 0) is 43.4 Å². The third-order valence-electron chi connectivity index (χ3n) is 4.25. The average molecular weight is 303 g/mol. The van der Waals surface area contributed by atoms with Crippen molar-refractivity contribution in [1.29, 1.82) is 0 Å². The Kier molecular flexibility index (Phi) is 4.13. The van der Waals surface area contributed by atoms with Gasteiger partial charge in [0.25, 0.3) is 0 Å². The Labute approximate surface area is 127 Å². The lowest BCUT2D eigenvalue weighted by Crippen LogP contribution is -2.37. The third kappa shape index (κ3) is 3.13. The van der Waals surface area contributed by atoms with E-state index in [0.29, 0.717) is 29.6 Å². The number of benzene rings is 1. The van der Waals surface area contributed by atoms with Crippen LogP contribution in [0.1, 0.15) is 31.4 Å². The number of fused-ring (bicyclic) bond motifs is 1. The number of aromatic amines is 2. The standard InChI is InChI=1S/C16H21N3O3/c1-9(17-14(8-22-2)10-3-4-10)11-5-6-12-13(7-11)19-16(21)15(20)18-12/h5-7,9-10,14,17H,3-4,8H2,1-2H3,(H,18,20)(H,19,21). The van der Waals surface area contributed by atoms with E-state index in [4.69, 9.17) is 4.74 Å². The van der Waals surface area contributed by atoms with Crippen LogP contribution in [0.2, 0.25) is 0 Å². The Morgan fingerprint density at radius 1 is 1.23 bits per heavy atom. The van der Waals surface area contributed by atoms with Gasteiger partial charge in [0.05, 0.1) is 17.6 Å². The Balaban J connectivity index is 1.84. The molecule has 0 bridgehead atoms. The van der Waals surface area contributed by atoms with E-state index in [1.807, 2.05) is 18.2 Å². The molecule has 118 valence electrons. The highest BCUT2D eigenvalue weighted by Gasteiger charge is 2.31. The van der Waals surface area contributed by atoms with Crippen molar-refractivity contribution in [2.24, 2.45) is 5.92 Å². The molecule has 2 unspecified atom stereocenters. The first kappa shape index (κ1) is 15.0. The number of nitrogens with one attached hydrogen (secondary N) is 3. The minimum atomic E-state index is -0.625. The number of aromatic nitrogens is 2. The number of hydrogen-bond acceptors (Lipinski definition) is 4. The predicted octanol–water partition coefficient (Wildman–Crippen LogP) is 1.29. The molecule has 2 atom stereocenters. The summed E-state index contributed by atoms with van der Waals surface area (Å²) in [5, 5.41) is 3.60. The van der Waals surface area contributed by atoms with Gasteiger partial charge in [-0.2, -0.15) is 0 Å². The van der Waals surface area contributed by atoms with E-state index >= 15 is 0 Å². The molecule has 0 aliphatic heterocycles. The highest BCUT2D eigenvalue weighted by Crippen LogP contribution is 2.34. The van der Waals surface area contributed by atoms with Crippen molar-refractivity contribution >= 4 is 11.0 Å². The Hall–Kier alpha value is -1.92.